The monoisotopic (exact) mass is 399 g/mol. The molecule has 1 aromatic carbocycles. The van der Waals surface area contributed by atoms with Crippen LogP contribution in [0.25, 0.3) is 0 Å². The minimum Gasteiger partial charge on any atom is -0.310 e. The van der Waals surface area contributed by atoms with Crippen LogP contribution in [0, 0.1) is 0 Å². The van der Waals surface area contributed by atoms with E-state index in [1.54, 1.807) is 16.8 Å². The number of anilines is 1. The lowest BCUT2D eigenvalue weighted by Crippen LogP contribution is -2.18. The zero-order valence-corrected chi connectivity index (χ0v) is 16.3. The van der Waals surface area contributed by atoms with Crippen molar-refractivity contribution in [2.75, 3.05) is 11.1 Å². The zero-order chi connectivity index (χ0) is 18.1. The summed E-state index contributed by atoms with van der Waals surface area (Å²) in [5, 5.41) is 6.45. The first-order valence-corrected chi connectivity index (χ1v) is 9.93. The van der Waals surface area contributed by atoms with Gasteiger partial charge in [-0.3, -0.25) is 19.4 Å². The van der Waals surface area contributed by atoms with E-state index in [9.17, 15) is 9.59 Å². The Balaban J connectivity index is 2.16. The minimum atomic E-state index is -0.336. The molecule has 2 atom stereocenters. The van der Waals surface area contributed by atoms with Crippen molar-refractivity contribution in [2.45, 2.75) is 38.0 Å². The number of amides is 1. The molecule has 0 fully saturated rings. The van der Waals surface area contributed by atoms with Gasteiger partial charge in [-0.2, -0.15) is 0 Å². The maximum Gasteiger partial charge on any atom is 0.270 e. The summed E-state index contributed by atoms with van der Waals surface area (Å²) in [5.74, 6) is 0.659. The Kier molecular flexibility index (Phi) is 5.51. The lowest BCUT2D eigenvalue weighted by atomic mass is 10.1. The number of aromatic nitrogens is 2. The quantitative estimate of drug-likeness (QED) is 0.787. The van der Waals surface area contributed by atoms with Crippen molar-refractivity contribution < 1.29 is 4.79 Å². The number of nitrogens with zero attached hydrogens (tertiary/aromatic N) is 1. The van der Waals surface area contributed by atoms with Crippen molar-refractivity contribution >= 4 is 46.7 Å². The molecule has 5 nitrogen and oxygen atoms in total. The largest absolute Gasteiger partial charge is 0.310 e. The van der Waals surface area contributed by atoms with Crippen molar-refractivity contribution in [3.8, 4) is 0 Å². The van der Waals surface area contributed by atoms with E-state index >= 15 is 0 Å². The summed E-state index contributed by atoms with van der Waals surface area (Å²) in [6.45, 7) is 4.11. The molecule has 2 aromatic rings. The first-order chi connectivity index (χ1) is 11.9. The van der Waals surface area contributed by atoms with Gasteiger partial charge in [-0.05, 0) is 31.0 Å². The molecule has 2 heterocycles. The number of H-pyrrole nitrogens is 1. The first-order valence-electron chi connectivity index (χ1n) is 8.13. The number of benzene rings is 1. The number of hydrogen-bond donors (Lipinski definition) is 2. The van der Waals surface area contributed by atoms with Crippen molar-refractivity contribution in [1.29, 1.82) is 0 Å². The van der Waals surface area contributed by atoms with E-state index in [0.717, 1.165) is 18.4 Å². The predicted octanol–water partition coefficient (Wildman–Crippen LogP) is 4.62. The van der Waals surface area contributed by atoms with E-state index < -0.39 is 0 Å². The highest BCUT2D eigenvalue weighted by Gasteiger charge is 2.32. The third kappa shape index (κ3) is 3.61. The molecule has 0 saturated heterocycles. The molecule has 3 rings (SSSR count). The van der Waals surface area contributed by atoms with Gasteiger partial charge in [0, 0.05) is 16.1 Å². The van der Waals surface area contributed by atoms with E-state index in [1.807, 2.05) is 13.0 Å². The molecule has 1 aromatic heterocycles. The number of fused-ring (bicyclic) bond motifs is 1. The highest BCUT2D eigenvalue weighted by molar-refractivity contribution is 8.00. The van der Waals surface area contributed by atoms with Crippen LogP contribution in [0.1, 0.15) is 49.1 Å². The van der Waals surface area contributed by atoms with Gasteiger partial charge in [0.05, 0.1) is 16.6 Å². The maximum atomic E-state index is 12.7. The van der Waals surface area contributed by atoms with E-state index in [4.69, 9.17) is 23.2 Å². The Bertz CT molecular complexity index is 862. The summed E-state index contributed by atoms with van der Waals surface area (Å²) in [4.78, 5) is 24.9. The fourth-order valence-electron chi connectivity index (χ4n) is 3.08. The standard InChI is InChI=1S/C17H19Cl2N3O2S/c1-3-4-9(2)22-16-14(17(24)21-22)15(25-8-13(23)20-16)11-6-5-10(18)7-12(11)19/h5-7,9,15H,3-4,8H2,1-2H3,(H,20,23)(H,21,24)/t9-,15+/m0/s1. The first kappa shape index (κ1) is 18.4. The molecule has 1 aliphatic heterocycles. The van der Waals surface area contributed by atoms with Gasteiger partial charge in [0.25, 0.3) is 5.56 Å². The molecule has 0 radical (unpaired) electrons. The van der Waals surface area contributed by atoms with E-state index in [0.29, 0.717) is 21.4 Å². The Hall–Kier alpha value is -1.37. The van der Waals surface area contributed by atoms with Crippen LogP contribution in [-0.4, -0.2) is 21.4 Å². The molecule has 0 bridgehead atoms. The lowest BCUT2D eigenvalue weighted by Gasteiger charge is -2.17. The van der Waals surface area contributed by atoms with Gasteiger partial charge in [-0.25, -0.2) is 0 Å². The smallest absolute Gasteiger partial charge is 0.270 e. The summed E-state index contributed by atoms with van der Waals surface area (Å²) in [5.41, 5.74) is 1.10. The van der Waals surface area contributed by atoms with Crippen LogP contribution >= 0.6 is 35.0 Å². The fourth-order valence-corrected chi connectivity index (χ4v) is 4.82. The Labute approximate surface area is 160 Å². The van der Waals surface area contributed by atoms with Crippen molar-refractivity contribution in [3.63, 3.8) is 0 Å². The van der Waals surface area contributed by atoms with Crippen molar-refractivity contribution in [1.82, 2.24) is 9.78 Å². The predicted molar refractivity (Wildman–Crippen MR) is 104 cm³/mol. The second-order valence-corrected chi connectivity index (χ2v) is 8.05. The molecule has 134 valence electrons. The zero-order valence-electron chi connectivity index (χ0n) is 13.9. The molecule has 0 spiro atoms. The van der Waals surface area contributed by atoms with Crippen LogP contribution in [-0.2, 0) is 4.79 Å². The number of nitrogens with one attached hydrogen (secondary N) is 2. The summed E-state index contributed by atoms with van der Waals surface area (Å²) < 4.78 is 1.77. The van der Waals surface area contributed by atoms with E-state index in [1.165, 1.54) is 11.8 Å². The lowest BCUT2D eigenvalue weighted by molar-refractivity contribution is -0.113. The summed E-state index contributed by atoms with van der Waals surface area (Å²) >= 11 is 13.7. The molecule has 1 aliphatic rings. The topological polar surface area (TPSA) is 66.9 Å². The summed E-state index contributed by atoms with van der Waals surface area (Å²) in [7, 11) is 0. The minimum absolute atomic E-state index is 0.0752. The second-order valence-electron chi connectivity index (χ2n) is 6.12. The molecule has 1 amide bonds. The Morgan fingerprint density at radius 1 is 1.36 bits per heavy atom. The van der Waals surface area contributed by atoms with E-state index in [-0.39, 0.29) is 28.5 Å². The van der Waals surface area contributed by atoms with Crippen LogP contribution in [0.15, 0.2) is 23.0 Å². The SMILES string of the molecule is CCC[C@H](C)n1[nH]c(=O)c2c1NC(=O)CS[C@@H]2c1ccc(Cl)cc1Cl. The van der Waals surface area contributed by atoms with Crippen LogP contribution in [0.4, 0.5) is 5.82 Å². The molecule has 0 saturated carbocycles. The number of carbonyl (C=O) groups excluding carboxylic acids is 1. The molecular formula is C17H19Cl2N3O2S. The number of hydrogen-bond acceptors (Lipinski definition) is 3. The fraction of sp³-hybridized carbons (Fsp3) is 0.412. The number of halogens is 2. The number of aromatic amines is 1. The Morgan fingerprint density at radius 2 is 2.12 bits per heavy atom. The molecule has 25 heavy (non-hydrogen) atoms. The highest BCUT2D eigenvalue weighted by Crippen LogP contribution is 2.43. The third-order valence-electron chi connectivity index (χ3n) is 4.26. The van der Waals surface area contributed by atoms with Crippen molar-refractivity contribution in [3.05, 3.63) is 49.7 Å². The van der Waals surface area contributed by atoms with Gasteiger partial charge in [0.15, 0.2) is 0 Å². The van der Waals surface area contributed by atoms with Gasteiger partial charge in [0.2, 0.25) is 5.91 Å². The number of thioether (sulfide) groups is 1. The number of carbonyl (C=O) groups is 1. The van der Waals surface area contributed by atoms with E-state index in [2.05, 4.69) is 17.3 Å². The number of rotatable bonds is 4. The average Bonchev–Trinajstić information content (AvgIpc) is 2.75. The van der Waals surface area contributed by atoms with Crippen molar-refractivity contribution in [2.24, 2.45) is 0 Å². The molecule has 2 N–H and O–H groups in total. The molecular weight excluding hydrogens is 381 g/mol. The van der Waals surface area contributed by atoms with Crippen LogP contribution in [0.3, 0.4) is 0 Å². The van der Waals surface area contributed by atoms with Crippen LogP contribution in [0.2, 0.25) is 10.0 Å². The normalized spacial score (nSPS) is 18.4. The summed E-state index contributed by atoms with van der Waals surface area (Å²) in [6.07, 6.45) is 1.87. The van der Waals surface area contributed by atoms with Crippen LogP contribution in [0.5, 0.6) is 0 Å². The molecule has 0 unspecified atom stereocenters. The summed E-state index contributed by atoms with van der Waals surface area (Å²) in [6, 6.07) is 5.29. The van der Waals surface area contributed by atoms with Gasteiger partial charge in [-0.1, -0.05) is 42.6 Å². The average molecular weight is 400 g/mol. The Morgan fingerprint density at radius 3 is 2.80 bits per heavy atom. The molecule has 0 aliphatic carbocycles. The van der Waals surface area contributed by atoms with Crippen LogP contribution < -0.4 is 10.9 Å². The van der Waals surface area contributed by atoms with Gasteiger partial charge in [-0.15, -0.1) is 11.8 Å². The maximum absolute atomic E-state index is 12.7. The molecule has 8 heteroatoms. The second kappa shape index (κ2) is 7.48. The third-order valence-corrected chi connectivity index (χ3v) is 6.07. The highest BCUT2D eigenvalue weighted by atomic mass is 35.5. The van der Waals surface area contributed by atoms with Gasteiger partial charge in [0.1, 0.15) is 5.82 Å². The van der Waals surface area contributed by atoms with Gasteiger partial charge >= 0.3 is 0 Å². The van der Waals surface area contributed by atoms with Gasteiger partial charge < -0.3 is 5.32 Å².